The number of carbonyl (C=O) groups excluding carboxylic acids is 1. The highest BCUT2D eigenvalue weighted by atomic mass is 19.1. The van der Waals surface area contributed by atoms with Crippen molar-refractivity contribution in [2.45, 2.75) is 12.5 Å². The molecule has 1 N–H and O–H groups in total. The van der Waals surface area contributed by atoms with Crippen molar-refractivity contribution in [2.75, 3.05) is 20.8 Å². The van der Waals surface area contributed by atoms with Crippen LogP contribution in [0.25, 0.3) is 10.9 Å². The molecule has 5 nitrogen and oxygen atoms in total. The second-order valence-electron chi connectivity index (χ2n) is 8.07. The molecule has 0 saturated carbocycles. The van der Waals surface area contributed by atoms with E-state index in [2.05, 4.69) is 4.98 Å². The summed E-state index contributed by atoms with van der Waals surface area (Å²) in [6, 6.07) is 13.1. The molecule has 3 aromatic carbocycles. The summed E-state index contributed by atoms with van der Waals surface area (Å²) in [5, 5.41) is 0.945. The van der Waals surface area contributed by atoms with Crippen molar-refractivity contribution in [3.63, 3.8) is 0 Å². The van der Waals surface area contributed by atoms with Gasteiger partial charge in [-0.15, -0.1) is 0 Å². The summed E-state index contributed by atoms with van der Waals surface area (Å²) in [6.45, 7) is 0.189. The predicted octanol–water partition coefficient (Wildman–Crippen LogP) is 5.39. The van der Waals surface area contributed by atoms with Crippen molar-refractivity contribution in [3.8, 4) is 11.5 Å². The number of benzene rings is 3. The number of methoxy groups -OCH3 is 2. The third-order valence-corrected chi connectivity index (χ3v) is 6.25. The van der Waals surface area contributed by atoms with Gasteiger partial charge in [0, 0.05) is 40.8 Å². The monoisotopic (exact) mass is 466 g/mol. The Labute approximate surface area is 193 Å². The van der Waals surface area contributed by atoms with E-state index in [0.717, 1.165) is 22.2 Å². The Bertz CT molecular complexity index is 1390. The normalized spacial score (nSPS) is 15.3. The first-order valence-electron chi connectivity index (χ1n) is 10.7. The Kier molecular flexibility index (Phi) is 5.43. The topological polar surface area (TPSA) is 54.6 Å². The number of fused-ring (bicyclic) bond motifs is 3. The van der Waals surface area contributed by atoms with Gasteiger partial charge < -0.3 is 19.4 Å². The number of aromatic amines is 1. The van der Waals surface area contributed by atoms with Crippen LogP contribution in [0.2, 0.25) is 0 Å². The third-order valence-electron chi connectivity index (χ3n) is 6.25. The number of aromatic nitrogens is 1. The number of halogens is 3. The van der Waals surface area contributed by atoms with Gasteiger partial charge in [-0.05, 0) is 36.2 Å². The maximum absolute atomic E-state index is 14.6. The fourth-order valence-corrected chi connectivity index (χ4v) is 4.72. The molecule has 0 bridgehead atoms. The van der Waals surface area contributed by atoms with Gasteiger partial charge in [0.2, 0.25) is 0 Å². The Hall–Kier alpha value is -3.94. The lowest BCUT2D eigenvalue weighted by molar-refractivity contribution is 0.0680. The molecular weight excluding hydrogens is 445 g/mol. The number of ether oxygens (including phenoxy) is 2. The molecule has 1 unspecified atom stereocenters. The van der Waals surface area contributed by atoms with E-state index in [1.807, 2.05) is 24.3 Å². The van der Waals surface area contributed by atoms with Gasteiger partial charge in [-0.2, -0.15) is 0 Å². The first-order chi connectivity index (χ1) is 16.4. The number of H-pyrrole nitrogens is 1. The molecule has 5 rings (SSSR count). The Morgan fingerprint density at radius 2 is 1.74 bits per heavy atom. The molecule has 34 heavy (non-hydrogen) atoms. The molecule has 0 spiro atoms. The SMILES string of the molecule is COc1ccc2[nH]c3c(c2c1)CCN(C(=O)c1c(F)cc(F)cc1F)C3c1ccccc1OC. The molecule has 0 fully saturated rings. The van der Waals surface area contributed by atoms with Gasteiger partial charge in [0.05, 0.1) is 14.2 Å². The summed E-state index contributed by atoms with van der Waals surface area (Å²) in [5.74, 6) is -3.22. The minimum Gasteiger partial charge on any atom is -0.497 e. The molecule has 0 aliphatic carbocycles. The lowest BCUT2D eigenvalue weighted by Crippen LogP contribution is -2.41. The van der Waals surface area contributed by atoms with E-state index >= 15 is 0 Å². The average molecular weight is 466 g/mol. The fourth-order valence-electron chi connectivity index (χ4n) is 4.72. The van der Waals surface area contributed by atoms with E-state index in [9.17, 15) is 18.0 Å². The van der Waals surface area contributed by atoms with Crippen LogP contribution in [0, 0.1) is 17.5 Å². The summed E-state index contributed by atoms with van der Waals surface area (Å²) in [7, 11) is 3.11. The smallest absolute Gasteiger partial charge is 0.260 e. The molecule has 1 atom stereocenters. The summed E-state index contributed by atoms with van der Waals surface area (Å²) in [5.41, 5.74) is 2.41. The van der Waals surface area contributed by atoms with Gasteiger partial charge in [0.25, 0.3) is 5.91 Å². The van der Waals surface area contributed by atoms with Crippen LogP contribution in [0.1, 0.15) is 33.2 Å². The molecule has 8 heteroatoms. The highest BCUT2D eigenvalue weighted by Crippen LogP contribution is 2.42. The molecule has 2 heterocycles. The maximum atomic E-state index is 14.6. The third kappa shape index (κ3) is 3.46. The first kappa shape index (κ1) is 21.9. The van der Waals surface area contributed by atoms with E-state index in [1.165, 1.54) is 12.0 Å². The zero-order valence-electron chi connectivity index (χ0n) is 18.5. The highest BCUT2D eigenvalue weighted by Gasteiger charge is 2.38. The van der Waals surface area contributed by atoms with Crippen LogP contribution in [0.5, 0.6) is 11.5 Å². The number of amides is 1. The van der Waals surface area contributed by atoms with Crippen molar-refractivity contribution >= 4 is 16.8 Å². The minimum atomic E-state index is -1.24. The molecule has 4 aromatic rings. The molecule has 1 aromatic heterocycles. The van der Waals surface area contributed by atoms with Crippen LogP contribution < -0.4 is 9.47 Å². The van der Waals surface area contributed by atoms with Crippen molar-refractivity contribution in [2.24, 2.45) is 0 Å². The van der Waals surface area contributed by atoms with Gasteiger partial charge in [0.15, 0.2) is 0 Å². The molecule has 1 amide bonds. The van der Waals surface area contributed by atoms with Gasteiger partial charge in [-0.25, -0.2) is 13.2 Å². The number of hydrogen-bond donors (Lipinski definition) is 1. The Morgan fingerprint density at radius 1 is 1.00 bits per heavy atom. The second kappa shape index (κ2) is 8.44. The van der Waals surface area contributed by atoms with Gasteiger partial charge in [-0.1, -0.05) is 18.2 Å². The van der Waals surface area contributed by atoms with E-state index in [0.29, 0.717) is 35.6 Å². The van der Waals surface area contributed by atoms with Gasteiger partial charge >= 0.3 is 0 Å². The van der Waals surface area contributed by atoms with Crippen LogP contribution in [-0.4, -0.2) is 36.6 Å². The van der Waals surface area contributed by atoms with E-state index in [4.69, 9.17) is 9.47 Å². The molecule has 0 saturated heterocycles. The summed E-state index contributed by atoms with van der Waals surface area (Å²) >= 11 is 0. The zero-order valence-corrected chi connectivity index (χ0v) is 18.5. The number of nitrogens with one attached hydrogen (secondary N) is 1. The van der Waals surface area contributed by atoms with Gasteiger partial charge in [0.1, 0.15) is 40.6 Å². The lowest BCUT2D eigenvalue weighted by Gasteiger charge is -2.37. The minimum absolute atomic E-state index is 0.189. The largest absolute Gasteiger partial charge is 0.497 e. The molecule has 1 aliphatic heterocycles. The number of rotatable bonds is 4. The Balaban J connectivity index is 1.71. The summed E-state index contributed by atoms with van der Waals surface area (Å²) in [4.78, 5) is 18.3. The van der Waals surface area contributed by atoms with Crippen LogP contribution in [0.15, 0.2) is 54.6 Å². The predicted molar refractivity (Wildman–Crippen MR) is 121 cm³/mol. The van der Waals surface area contributed by atoms with Gasteiger partial charge in [-0.3, -0.25) is 4.79 Å². The number of carbonyl (C=O) groups is 1. The fraction of sp³-hybridized carbons (Fsp3) is 0.192. The Morgan fingerprint density at radius 3 is 2.44 bits per heavy atom. The van der Waals surface area contributed by atoms with Crippen LogP contribution >= 0.6 is 0 Å². The quantitative estimate of drug-likeness (QED) is 0.439. The zero-order chi connectivity index (χ0) is 24.0. The maximum Gasteiger partial charge on any atom is 0.260 e. The van der Waals surface area contributed by atoms with Crippen LogP contribution in [0.3, 0.4) is 0 Å². The molecule has 174 valence electrons. The standard InChI is InChI=1S/C26H21F3N2O3/c1-33-15-7-8-21-18(13-15)16-9-10-31(26(32)23-19(28)11-14(27)12-20(23)29)25(24(16)30-21)17-5-3-4-6-22(17)34-2/h3-8,11-13,25,30H,9-10H2,1-2H3. The van der Waals surface area contributed by atoms with Crippen molar-refractivity contribution < 1.29 is 27.4 Å². The first-order valence-corrected chi connectivity index (χ1v) is 10.7. The number of hydrogen-bond acceptors (Lipinski definition) is 3. The molecule has 1 aliphatic rings. The van der Waals surface area contributed by atoms with E-state index < -0.39 is 35.0 Å². The summed E-state index contributed by atoms with van der Waals surface area (Å²) < 4.78 is 53.5. The molecule has 0 radical (unpaired) electrons. The van der Waals surface area contributed by atoms with E-state index in [1.54, 1.807) is 25.3 Å². The van der Waals surface area contributed by atoms with Crippen LogP contribution in [0.4, 0.5) is 13.2 Å². The number of nitrogens with zero attached hydrogens (tertiary/aromatic N) is 1. The molecular formula is C26H21F3N2O3. The van der Waals surface area contributed by atoms with Crippen LogP contribution in [-0.2, 0) is 6.42 Å². The van der Waals surface area contributed by atoms with Crippen molar-refractivity contribution in [1.29, 1.82) is 0 Å². The van der Waals surface area contributed by atoms with E-state index in [-0.39, 0.29) is 6.54 Å². The average Bonchev–Trinajstić information content (AvgIpc) is 3.20. The lowest BCUT2D eigenvalue weighted by atomic mass is 9.91. The second-order valence-corrected chi connectivity index (χ2v) is 8.07. The summed E-state index contributed by atoms with van der Waals surface area (Å²) in [6.07, 6.45) is 0.449. The van der Waals surface area contributed by atoms with Crippen molar-refractivity contribution in [1.82, 2.24) is 9.88 Å². The highest BCUT2D eigenvalue weighted by molar-refractivity contribution is 5.96. The number of para-hydroxylation sites is 1. The van der Waals surface area contributed by atoms with Crippen molar-refractivity contribution in [3.05, 3.63) is 94.4 Å².